The van der Waals surface area contributed by atoms with Gasteiger partial charge in [-0.05, 0) is 25.0 Å². The molecule has 5 heteroatoms. The molecule has 0 saturated carbocycles. The summed E-state index contributed by atoms with van der Waals surface area (Å²) in [5.74, 6) is -0.538. The van der Waals surface area contributed by atoms with E-state index in [9.17, 15) is 4.79 Å². The number of hydrogen-bond acceptors (Lipinski definition) is 2. The fraction of sp³-hybridized carbons (Fsp3) is 0.250. The van der Waals surface area contributed by atoms with Crippen molar-refractivity contribution in [3.05, 3.63) is 42.0 Å². The largest absolute Gasteiger partial charge is 0.423 e. The topological polar surface area (TPSA) is 26.3 Å². The summed E-state index contributed by atoms with van der Waals surface area (Å²) in [7, 11) is 0. The smallest absolute Gasteiger partial charge is 0.363 e. The van der Waals surface area contributed by atoms with Crippen LogP contribution in [0.4, 0.5) is 0 Å². The summed E-state index contributed by atoms with van der Waals surface area (Å²) in [5.41, 5.74) is 1.87. The minimum Gasteiger partial charge on any atom is -0.423 e. The van der Waals surface area contributed by atoms with Crippen LogP contribution in [0.2, 0.25) is 0 Å². The van der Waals surface area contributed by atoms with Crippen LogP contribution < -0.4 is 4.74 Å². The van der Waals surface area contributed by atoms with Gasteiger partial charge in [0.15, 0.2) is 0 Å². The summed E-state index contributed by atoms with van der Waals surface area (Å²) < 4.78 is 2.96. The molecule has 0 amide bonds. The molecule has 0 bridgehead atoms. The Bertz CT molecular complexity index is 436. The highest BCUT2D eigenvalue weighted by molar-refractivity contribution is 6.75. The number of carbonyl (C=O) groups excluding carboxylic acids is 1. The standard InChI is InChI=1S/C12H11Cl3O2/c1-3-4-9-7-8(2)5-6-10(9)17-11(16)12(13,14)15/h3,5-7H,1,4H2,2H3. The summed E-state index contributed by atoms with van der Waals surface area (Å²) in [6.07, 6.45) is 2.28. The fourth-order valence-corrected chi connectivity index (χ4v) is 1.40. The van der Waals surface area contributed by atoms with Gasteiger partial charge in [0.05, 0.1) is 0 Å². The van der Waals surface area contributed by atoms with Crippen LogP contribution in [0.25, 0.3) is 0 Å². The summed E-state index contributed by atoms with van der Waals surface area (Å²) >= 11 is 16.3. The molecule has 0 N–H and O–H groups in total. The van der Waals surface area contributed by atoms with E-state index in [1.807, 2.05) is 19.1 Å². The van der Waals surface area contributed by atoms with Gasteiger partial charge in [0, 0.05) is 0 Å². The second kappa shape index (κ2) is 5.76. The first-order valence-electron chi connectivity index (χ1n) is 4.84. The van der Waals surface area contributed by atoms with Crippen LogP contribution in [-0.4, -0.2) is 9.76 Å². The first-order valence-corrected chi connectivity index (χ1v) is 5.97. The van der Waals surface area contributed by atoms with Crippen molar-refractivity contribution in [2.45, 2.75) is 17.1 Å². The Morgan fingerprint density at radius 3 is 2.65 bits per heavy atom. The molecule has 0 aliphatic rings. The first-order chi connectivity index (χ1) is 7.84. The Labute approximate surface area is 115 Å². The van der Waals surface area contributed by atoms with E-state index in [0.29, 0.717) is 12.2 Å². The number of rotatable bonds is 3. The molecule has 0 unspecified atom stereocenters. The van der Waals surface area contributed by atoms with Gasteiger partial charge in [-0.1, -0.05) is 58.6 Å². The van der Waals surface area contributed by atoms with E-state index >= 15 is 0 Å². The minimum atomic E-state index is -2.07. The zero-order valence-electron chi connectivity index (χ0n) is 9.17. The predicted molar refractivity (Wildman–Crippen MR) is 71.0 cm³/mol. The van der Waals surface area contributed by atoms with Crippen molar-refractivity contribution < 1.29 is 9.53 Å². The lowest BCUT2D eigenvalue weighted by molar-refractivity contribution is -0.133. The molecule has 0 radical (unpaired) electrons. The minimum absolute atomic E-state index is 0.381. The quantitative estimate of drug-likeness (QED) is 0.364. The highest BCUT2D eigenvalue weighted by Gasteiger charge is 2.33. The number of benzene rings is 1. The van der Waals surface area contributed by atoms with Crippen LogP contribution in [-0.2, 0) is 11.2 Å². The lowest BCUT2D eigenvalue weighted by Crippen LogP contribution is -2.25. The van der Waals surface area contributed by atoms with Crippen LogP contribution in [0.1, 0.15) is 11.1 Å². The lowest BCUT2D eigenvalue weighted by Gasteiger charge is -2.13. The van der Waals surface area contributed by atoms with Crippen molar-refractivity contribution in [2.24, 2.45) is 0 Å². The molecular formula is C12H11Cl3O2. The lowest BCUT2D eigenvalue weighted by atomic mass is 10.1. The Hall–Kier alpha value is -0.700. The van der Waals surface area contributed by atoms with Gasteiger partial charge in [0.25, 0.3) is 3.79 Å². The van der Waals surface area contributed by atoms with Gasteiger partial charge in [0.2, 0.25) is 0 Å². The summed E-state index contributed by atoms with van der Waals surface area (Å²) in [6, 6.07) is 5.37. The van der Waals surface area contributed by atoms with Crippen molar-refractivity contribution in [3.63, 3.8) is 0 Å². The molecule has 2 nitrogen and oxygen atoms in total. The van der Waals surface area contributed by atoms with Gasteiger partial charge < -0.3 is 4.74 Å². The predicted octanol–water partition coefficient (Wildman–Crippen LogP) is 4.00. The van der Waals surface area contributed by atoms with E-state index in [1.54, 1.807) is 12.1 Å². The molecule has 1 rings (SSSR count). The molecule has 0 saturated heterocycles. The van der Waals surface area contributed by atoms with Gasteiger partial charge in [-0.2, -0.15) is 0 Å². The molecule has 0 heterocycles. The second-order valence-electron chi connectivity index (χ2n) is 3.49. The van der Waals surface area contributed by atoms with Gasteiger partial charge >= 0.3 is 5.97 Å². The van der Waals surface area contributed by atoms with E-state index in [2.05, 4.69) is 6.58 Å². The number of allylic oxidation sites excluding steroid dienone is 1. The zero-order valence-corrected chi connectivity index (χ0v) is 11.4. The molecule has 1 aromatic rings. The van der Waals surface area contributed by atoms with Crippen LogP contribution >= 0.6 is 34.8 Å². The third-order valence-corrected chi connectivity index (χ3v) is 2.48. The van der Waals surface area contributed by atoms with Crippen molar-refractivity contribution in [3.8, 4) is 5.75 Å². The molecule has 0 spiro atoms. The molecule has 1 aromatic carbocycles. The SMILES string of the molecule is C=CCc1cc(C)ccc1OC(=O)C(Cl)(Cl)Cl. The Balaban J connectivity index is 2.98. The summed E-state index contributed by atoms with van der Waals surface area (Å²) in [4.78, 5) is 11.4. The molecule has 0 aromatic heterocycles. The number of halogens is 3. The monoisotopic (exact) mass is 292 g/mol. The molecule has 17 heavy (non-hydrogen) atoms. The average molecular weight is 294 g/mol. The number of esters is 1. The van der Waals surface area contributed by atoms with E-state index in [-0.39, 0.29) is 0 Å². The third kappa shape index (κ3) is 4.23. The zero-order chi connectivity index (χ0) is 13.1. The molecule has 0 aliphatic carbocycles. The molecule has 92 valence electrons. The highest BCUT2D eigenvalue weighted by atomic mass is 35.6. The first kappa shape index (κ1) is 14.4. The number of hydrogen-bond donors (Lipinski definition) is 0. The van der Waals surface area contributed by atoms with E-state index in [0.717, 1.165) is 11.1 Å². The molecule has 0 aliphatic heterocycles. The van der Waals surface area contributed by atoms with Crippen molar-refractivity contribution in [1.29, 1.82) is 0 Å². The fourth-order valence-electron chi connectivity index (χ4n) is 1.28. The number of alkyl halides is 3. The van der Waals surface area contributed by atoms with Gasteiger partial charge in [-0.15, -0.1) is 6.58 Å². The number of aryl methyl sites for hydroxylation is 1. The van der Waals surface area contributed by atoms with Crippen molar-refractivity contribution >= 4 is 40.8 Å². The number of carbonyl (C=O) groups is 1. The van der Waals surface area contributed by atoms with Crippen LogP contribution in [0.3, 0.4) is 0 Å². The maximum absolute atomic E-state index is 11.4. The van der Waals surface area contributed by atoms with Crippen molar-refractivity contribution in [2.75, 3.05) is 0 Å². The summed E-state index contributed by atoms with van der Waals surface area (Å²) in [5, 5.41) is 0. The second-order valence-corrected chi connectivity index (χ2v) is 5.77. The van der Waals surface area contributed by atoms with E-state index in [4.69, 9.17) is 39.5 Å². The third-order valence-electron chi connectivity index (χ3n) is 2.01. The Morgan fingerprint density at radius 2 is 2.12 bits per heavy atom. The van der Waals surface area contributed by atoms with Gasteiger partial charge in [-0.25, -0.2) is 4.79 Å². The van der Waals surface area contributed by atoms with Gasteiger partial charge in [-0.3, -0.25) is 0 Å². The Kier molecular flexibility index (Phi) is 4.87. The maximum Gasteiger partial charge on any atom is 0.363 e. The van der Waals surface area contributed by atoms with Crippen molar-refractivity contribution in [1.82, 2.24) is 0 Å². The Morgan fingerprint density at radius 1 is 1.47 bits per heavy atom. The van der Waals surface area contributed by atoms with Crippen LogP contribution in [0.5, 0.6) is 5.75 Å². The van der Waals surface area contributed by atoms with E-state index < -0.39 is 9.76 Å². The van der Waals surface area contributed by atoms with Gasteiger partial charge in [0.1, 0.15) is 5.75 Å². The van der Waals surface area contributed by atoms with E-state index in [1.165, 1.54) is 0 Å². The van der Waals surface area contributed by atoms with Crippen LogP contribution in [0, 0.1) is 6.92 Å². The molecular weight excluding hydrogens is 282 g/mol. The summed E-state index contributed by atoms with van der Waals surface area (Å²) in [6.45, 7) is 5.57. The maximum atomic E-state index is 11.4. The highest BCUT2D eigenvalue weighted by Crippen LogP contribution is 2.30. The van der Waals surface area contributed by atoms with Crippen LogP contribution in [0.15, 0.2) is 30.9 Å². The molecule has 0 atom stereocenters. The number of ether oxygens (including phenoxy) is 1. The average Bonchev–Trinajstić information content (AvgIpc) is 2.21. The normalized spacial score (nSPS) is 11.1. The molecule has 0 fully saturated rings.